The fourth-order valence-electron chi connectivity index (χ4n) is 4.76. The Bertz CT molecular complexity index is 2090. The predicted molar refractivity (Wildman–Crippen MR) is 164 cm³/mol. The molecule has 0 spiro atoms. The molecule has 0 saturated heterocycles. The summed E-state index contributed by atoms with van der Waals surface area (Å²) in [5.74, 6) is -1.41. The number of aliphatic carboxylic acids is 1. The molecule has 5 rings (SSSR count). The van der Waals surface area contributed by atoms with Crippen molar-refractivity contribution >= 4 is 42.9 Å². The first-order valence-corrected chi connectivity index (χ1v) is 16.4. The van der Waals surface area contributed by atoms with E-state index in [0.717, 1.165) is 23.3 Å². The van der Waals surface area contributed by atoms with Crippen LogP contribution in [0.2, 0.25) is 0 Å². The fourth-order valence-corrected chi connectivity index (χ4v) is 6.67. The Balaban J connectivity index is 1.49. The average molecular weight is 674 g/mol. The summed E-state index contributed by atoms with van der Waals surface area (Å²) in [7, 11) is -8.64. The zero-order chi connectivity index (χ0) is 33.3. The van der Waals surface area contributed by atoms with Crippen molar-refractivity contribution in [1.29, 1.82) is 0 Å². The van der Waals surface area contributed by atoms with Crippen molar-refractivity contribution in [3.8, 4) is 11.1 Å². The SMILES string of the molecule is NS(=O)(=O)N(CC(=O)O)c1ccc(C[C@H](NS(=O)(=O)c2ccc(-c3ccccc3)cc2)c2nc3ccc(C(F)(F)F)cc3[nH]2)cc1. The van der Waals surface area contributed by atoms with Crippen LogP contribution >= 0.6 is 0 Å². The summed E-state index contributed by atoms with van der Waals surface area (Å²) in [5.41, 5.74) is 1.36. The molecule has 16 heteroatoms. The van der Waals surface area contributed by atoms with Gasteiger partial charge >= 0.3 is 12.1 Å². The minimum absolute atomic E-state index is 0.0277. The van der Waals surface area contributed by atoms with Crippen molar-refractivity contribution in [2.24, 2.45) is 5.14 Å². The number of halogens is 3. The molecule has 1 heterocycles. The Kier molecular flexibility index (Phi) is 8.90. The standard InChI is InChI=1S/C30H26F3N5O6S2/c31-30(32,33)22-10-15-25-26(17-22)36-29(35-25)27(16-19-6-11-23(12-7-19)38(18-28(39)40)46(34,43)44)37-45(41,42)24-13-8-21(9-14-24)20-4-2-1-3-5-20/h1-15,17,27,37H,16,18H2,(H,35,36)(H,39,40)(H2,34,43,44)/t27-/m0/s1. The first kappa shape index (κ1) is 32.6. The highest BCUT2D eigenvalue weighted by Gasteiger charge is 2.31. The lowest BCUT2D eigenvalue weighted by Crippen LogP contribution is -2.40. The number of H-pyrrole nitrogens is 1. The number of benzene rings is 4. The summed E-state index contributed by atoms with van der Waals surface area (Å²) in [4.78, 5) is 18.3. The van der Waals surface area contributed by atoms with Crippen LogP contribution in [-0.4, -0.2) is 44.4 Å². The number of nitrogens with one attached hydrogen (secondary N) is 2. The van der Waals surface area contributed by atoms with Crippen LogP contribution in [0.25, 0.3) is 22.2 Å². The van der Waals surface area contributed by atoms with Gasteiger partial charge in [0.05, 0.1) is 33.2 Å². The summed E-state index contributed by atoms with van der Waals surface area (Å²) >= 11 is 0. The lowest BCUT2D eigenvalue weighted by Gasteiger charge is -2.21. The van der Waals surface area contributed by atoms with Gasteiger partial charge in [-0.2, -0.15) is 21.6 Å². The number of nitrogens with two attached hydrogens (primary N) is 1. The monoisotopic (exact) mass is 673 g/mol. The Morgan fingerprint density at radius 3 is 2.13 bits per heavy atom. The number of imidazole rings is 1. The van der Waals surface area contributed by atoms with E-state index >= 15 is 0 Å². The predicted octanol–water partition coefficient (Wildman–Crippen LogP) is 4.61. The van der Waals surface area contributed by atoms with Gasteiger partial charge in [0.1, 0.15) is 12.4 Å². The number of hydrogen-bond acceptors (Lipinski definition) is 6. The molecule has 240 valence electrons. The number of hydrogen-bond donors (Lipinski definition) is 4. The van der Waals surface area contributed by atoms with Gasteiger partial charge in [-0.25, -0.2) is 27.6 Å². The second-order valence-electron chi connectivity index (χ2n) is 10.2. The van der Waals surface area contributed by atoms with Crippen LogP contribution in [0.4, 0.5) is 18.9 Å². The maximum atomic E-state index is 13.6. The first-order valence-electron chi connectivity index (χ1n) is 13.5. The van der Waals surface area contributed by atoms with Crippen molar-refractivity contribution in [2.45, 2.75) is 23.5 Å². The second-order valence-corrected chi connectivity index (χ2v) is 13.4. The van der Waals surface area contributed by atoms with Gasteiger partial charge in [0.25, 0.3) is 10.2 Å². The van der Waals surface area contributed by atoms with E-state index in [-0.39, 0.29) is 33.9 Å². The molecule has 0 unspecified atom stereocenters. The second kappa shape index (κ2) is 12.6. The lowest BCUT2D eigenvalue weighted by atomic mass is 10.1. The van der Waals surface area contributed by atoms with Crippen molar-refractivity contribution in [3.63, 3.8) is 0 Å². The number of nitrogens with zero attached hydrogens (tertiary/aromatic N) is 2. The topological polar surface area (TPSA) is 176 Å². The van der Waals surface area contributed by atoms with Crippen LogP contribution in [0.1, 0.15) is 23.0 Å². The van der Waals surface area contributed by atoms with Crippen LogP contribution in [0.3, 0.4) is 0 Å². The van der Waals surface area contributed by atoms with Crippen molar-refractivity contribution in [1.82, 2.24) is 14.7 Å². The molecule has 0 aliphatic carbocycles. The average Bonchev–Trinajstić information content (AvgIpc) is 3.43. The largest absolute Gasteiger partial charge is 0.480 e. The Labute approximate surface area is 261 Å². The van der Waals surface area contributed by atoms with Crippen LogP contribution < -0.4 is 14.2 Å². The number of alkyl halides is 3. The number of carbonyl (C=O) groups is 1. The van der Waals surface area contributed by atoms with E-state index in [1.807, 2.05) is 30.3 Å². The summed E-state index contributed by atoms with van der Waals surface area (Å²) < 4.78 is 94.1. The molecular weight excluding hydrogens is 647 g/mol. The summed E-state index contributed by atoms with van der Waals surface area (Å²) in [6, 6.07) is 22.7. The molecule has 0 amide bonds. The Hall–Kier alpha value is -4.77. The van der Waals surface area contributed by atoms with E-state index in [0.29, 0.717) is 9.87 Å². The van der Waals surface area contributed by atoms with E-state index in [1.54, 1.807) is 12.1 Å². The molecule has 0 aliphatic heterocycles. The van der Waals surface area contributed by atoms with Crippen molar-refractivity contribution in [3.05, 3.63) is 114 Å². The maximum Gasteiger partial charge on any atom is 0.416 e. The van der Waals surface area contributed by atoms with Gasteiger partial charge < -0.3 is 10.1 Å². The van der Waals surface area contributed by atoms with Gasteiger partial charge in [-0.05, 0) is 65.6 Å². The molecule has 0 bridgehead atoms. The molecule has 4 aromatic carbocycles. The number of aromatic amines is 1. The van der Waals surface area contributed by atoms with Gasteiger partial charge in [-0.15, -0.1) is 0 Å². The smallest absolute Gasteiger partial charge is 0.416 e. The van der Waals surface area contributed by atoms with E-state index < -0.39 is 50.5 Å². The minimum atomic E-state index is -4.61. The van der Waals surface area contributed by atoms with Gasteiger partial charge in [-0.3, -0.25) is 4.79 Å². The number of fused-ring (bicyclic) bond motifs is 1. The third kappa shape index (κ3) is 7.54. The third-order valence-corrected chi connectivity index (χ3v) is 9.42. The molecule has 0 radical (unpaired) electrons. The van der Waals surface area contributed by atoms with E-state index in [4.69, 9.17) is 10.2 Å². The number of aromatic nitrogens is 2. The summed E-state index contributed by atoms with van der Waals surface area (Å²) in [6.45, 7) is -0.928. The molecule has 5 N–H and O–H groups in total. The van der Waals surface area contributed by atoms with Crippen LogP contribution in [0.5, 0.6) is 0 Å². The van der Waals surface area contributed by atoms with Gasteiger partial charge in [-0.1, -0.05) is 54.6 Å². The first-order chi connectivity index (χ1) is 21.6. The van der Waals surface area contributed by atoms with E-state index in [9.17, 15) is 34.8 Å². The normalized spacial score (nSPS) is 13.0. The van der Waals surface area contributed by atoms with Gasteiger partial charge in [0.2, 0.25) is 10.0 Å². The number of carboxylic acids is 1. The fraction of sp³-hybridized carbons (Fsp3) is 0.133. The molecule has 0 fully saturated rings. The van der Waals surface area contributed by atoms with Gasteiger partial charge in [0, 0.05) is 0 Å². The number of sulfonamides is 1. The van der Waals surface area contributed by atoms with Crippen molar-refractivity contribution < 1.29 is 39.9 Å². The van der Waals surface area contributed by atoms with Crippen LogP contribution in [0.15, 0.2) is 102 Å². The number of rotatable bonds is 11. The number of anilines is 1. The third-order valence-electron chi connectivity index (χ3n) is 6.98. The zero-order valence-corrected chi connectivity index (χ0v) is 25.3. The molecule has 0 saturated carbocycles. The maximum absolute atomic E-state index is 13.6. The highest BCUT2D eigenvalue weighted by atomic mass is 32.2. The molecule has 1 aromatic heterocycles. The Morgan fingerprint density at radius 2 is 1.54 bits per heavy atom. The molecule has 11 nitrogen and oxygen atoms in total. The Morgan fingerprint density at radius 1 is 0.913 bits per heavy atom. The molecule has 5 aromatic rings. The highest BCUT2D eigenvalue weighted by molar-refractivity contribution is 7.90. The minimum Gasteiger partial charge on any atom is -0.480 e. The van der Waals surface area contributed by atoms with Gasteiger partial charge in [0.15, 0.2) is 0 Å². The molecule has 0 aliphatic rings. The quantitative estimate of drug-likeness (QED) is 0.158. The van der Waals surface area contributed by atoms with E-state index in [2.05, 4.69) is 14.7 Å². The van der Waals surface area contributed by atoms with Crippen LogP contribution in [0, 0.1) is 0 Å². The van der Waals surface area contributed by atoms with Crippen molar-refractivity contribution in [2.75, 3.05) is 10.8 Å². The van der Waals surface area contributed by atoms with E-state index in [1.165, 1.54) is 42.5 Å². The molecule has 46 heavy (non-hydrogen) atoms. The number of carboxylic acid groups (broad SMARTS) is 1. The zero-order valence-electron chi connectivity index (χ0n) is 23.6. The summed E-state index contributed by atoms with van der Waals surface area (Å²) in [5, 5.41) is 14.3. The lowest BCUT2D eigenvalue weighted by molar-refractivity contribution is -0.137. The summed E-state index contributed by atoms with van der Waals surface area (Å²) in [6.07, 6.45) is -4.69. The molecular formula is C30H26F3N5O6S2. The molecule has 1 atom stereocenters. The highest BCUT2D eigenvalue weighted by Crippen LogP contribution is 2.32. The van der Waals surface area contributed by atoms with Crippen LogP contribution in [-0.2, 0) is 37.6 Å².